The molecule has 3 aromatic rings. The average Bonchev–Trinajstić information content (AvgIpc) is 2.81. The lowest BCUT2D eigenvalue weighted by molar-refractivity contribution is -0.138. The van der Waals surface area contributed by atoms with Crippen molar-refractivity contribution in [1.29, 1.82) is 0 Å². The van der Waals surface area contributed by atoms with Gasteiger partial charge < -0.3 is 15.4 Å². The van der Waals surface area contributed by atoms with Crippen molar-refractivity contribution < 1.29 is 18.7 Å². The van der Waals surface area contributed by atoms with Gasteiger partial charge in [0, 0.05) is 17.7 Å². The number of rotatable bonds is 5. The summed E-state index contributed by atoms with van der Waals surface area (Å²) in [5.74, 6) is -0.857. The maximum absolute atomic E-state index is 13.1. The number of hydrogen-bond acceptors (Lipinski definition) is 4. The van der Waals surface area contributed by atoms with E-state index in [1.54, 1.807) is 35.2 Å². The van der Waals surface area contributed by atoms with Crippen molar-refractivity contribution in [2.45, 2.75) is 12.5 Å². The molecule has 1 atom stereocenters. The number of benzene rings is 2. The van der Waals surface area contributed by atoms with Crippen LogP contribution < -0.4 is 5.73 Å². The number of carbonyl (C=O) groups excluding carboxylic acids is 2. The van der Waals surface area contributed by atoms with Crippen molar-refractivity contribution in [3.63, 3.8) is 0 Å². The van der Waals surface area contributed by atoms with Crippen LogP contribution in [0.5, 0.6) is 0 Å². The topological polar surface area (TPSA) is 85.5 Å². The molecular weight excluding hydrogens is 397 g/mol. The van der Waals surface area contributed by atoms with E-state index in [4.69, 9.17) is 15.5 Å². The Morgan fingerprint density at radius 3 is 2.65 bits per heavy atom. The monoisotopic (exact) mass is 419 g/mol. The van der Waals surface area contributed by atoms with E-state index in [1.165, 1.54) is 12.1 Å². The summed E-state index contributed by atoms with van der Waals surface area (Å²) in [5, 5.41) is 0. The molecule has 2 aromatic carbocycles. The predicted octanol–water partition coefficient (Wildman–Crippen LogP) is 3.13. The molecule has 0 saturated carbocycles. The zero-order chi connectivity index (χ0) is 21.8. The average molecular weight is 419 g/mol. The Morgan fingerprint density at radius 2 is 1.87 bits per heavy atom. The molecule has 0 bridgehead atoms. The van der Waals surface area contributed by atoms with E-state index >= 15 is 0 Å². The van der Waals surface area contributed by atoms with Crippen LogP contribution in [0.25, 0.3) is 11.3 Å². The maximum Gasteiger partial charge on any atom is 0.248 e. The predicted molar refractivity (Wildman–Crippen MR) is 114 cm³/mol. The molecule has 0 aliphatic carbocycles. The molecule has 2 amide bonds. The molecule has 0 unspecified atom stereocenters. The van der Waals surface area contributed by atoms with Crippen LogP contribution in [-0.4, -0.2) is 41.4 Å². The fourth-order valence-corrected chi connectivity index (χ4v) is 3.57. The molecule has 1 aliphatic rings. The molecule has 2 N–H and O–H groups in total. The van der Waals surface area contributed by atoms with Gasteiger partial charge in [-0.3, -0.25) is 9.59 Å². The highest BCUT2D eigenvalue weighted by molar-refractivity contribution is 5.94. The first-order valence-electron chi connectivity index (χ1n) is 10.0. The van der Waals surface area contributed by atoms with Crippen molar-refractivity contribution in [2.24, 2.45) is 5.73 Å². The van der Waals surface area contributed by atoms with Gasteiger partial charge in [-0.25, -0.2) is 9.37 Å². The van der Waals surface area contributed by atoms with Gasteiger partial charge in [0.15, 0.2) is 0 Å². The van der Waals surface area contributed by atoms with Crippen LogP contribution in [0.4, 0.5) is 4.39 Å². The van der Waals surface area contributed by atoms with Gasteiger partial charge in [0.05, 0.1) is 31.0 Å². The Bertz CT molecular complexity index is 1100. The lowest BCUT2D eigenvalue weighted by atomic mass is 10.1. The molecule has 4 rings (SSSR count). The summed E-state index contributed by atoms with van der Waals surface area (Å²) in [5.41, 5.74) is 8.74. The Balaban J connectivity index is 1.49. The number of nitrogens with zero attached hydrogens (tertiary/aromatic N) is 2. The lowest BCUT2D eigenvalue weighted by Gasteiger charge is -2.33. The quantitative estimate of drug-likeness (QED) is 0.689. The highest BCUT2D eigenvalue weighted by Crippen LogP contribution is 2.25. The largest absolute Gasteiger partial charge is 0.368 e. The summed E-state index contributed by atoms with van der Waals surface area (Å²) >= 11 is 0. The van der Waals surface area contributed by atoms with Crippen LogP contribution in [0.2, 0.25) is 0 Å². The van der Waals surface area contributed by atoms with Crippen molar-refractivity contribution >= 4 is 11.8 Å². The van der Waals surface area contributed by atoms with Crippen LogP contribution >= 0.6 is 0 Å². The van der Waals surface area contributed by atoms with E-state index in [0.717, 1.165) is 11.1 Å². The van der Waals surface area contributed by atoms with Gasteiger partial charge in [0.25, 0.3) is 0 Å². The molecule has 1 aliphatic heterocycles. The number of pyridine rings is 1. The summed E-state index contributed by atoms with van der Waals surface area (Å²) in [7, 11) is 0. The summed E-state index contributed by atoms with van der Waals surface area (Å²) in [6, 6.07) is 18.5. The van der Waals surface area contributed by atoms with Crippen LogP contribution in [0, 0.1) is 5.82 Å². The molecule has 0 radical (unpaired) electrons. The number of morpholine rings is 1. The Kier molecular flexibility index (Phi) is 6.04. The fourth-order valence-electron chi connectivity index (χ4n) is 3.57. The first kappa shape index (κ1) is 20.7. The molecule has 1 saturated heterocycles. The van der Waals surface area contributed by atoms with Gasteiger partial charge in [-0.2, -0.15) is 0 Å². The van der Waals surface area contributed by atoms with Gasteiger partial charge >= 0.3 is 0 Å². The van der Waals surface area contributed by atoms with Crippen LogP contribution in [0.15, 0.2) is 66.7 Å². The number of carbonyl (C=O) groups is 2. The molecular formula is C24H22FN3O3. The van der Waals surface area contributed by atoms with Gasteiger partial charge in [0.1, 0.15) is 11.9 Å². The molecule has 1 aromatic heterocycles. The number of hydrogen-bond donors (Lipinski definition) is 1. The highest BCUT2D eigenvalue weighted by atomic mass is 19.1. The Morgan fingerprint density at radius 1 is 1.10 bits per heavy atom. The van der Waals surface area contributed by atoms with Crippen molar-refractivity contribution in [1.82, 2.24) is 9.88 Å². The molecule has 31 heavy (non-hydrogen) atoms. The second kappa shape index (κ2) is 9.06. The fraction of sp³-hybridized carbons (Fsp3) is 0.208. The lowest BCUT2D eigenvalue weighted by Crippen LogP contribution is -2.43. The SMILES string of the molecule is NC(=O)c1cccc(-c2cccc([C@H]3CN(C(=O)Cc4ccc(F)cc4)CCO3)n2)c1. The summed E-state index contributed by atoms with van der Waals surface area (Å²) < 4.78 is 19.0. The van der Waals surface area contributed by atoms with Gasteiger partial charge in [-0.15, -0.1) is 0 Å². The van der Waals surface area contributed by atoms with E-state index in [2.05, 4.69) is 0 Å². The minimum atomic E-state index is -0.496. The third-order valence-electron chi connectivity index (χ3n) is 5.23. The van der Waals surface area contributed by atoms with E-state index in [9.17, 15) is 14.0 Å². The number of nitrogens with two attached hydrogens (primary N) is 1. The number of amides is 2. The summed E-state index contributed by atoms with van der Waals surface area (Å²) in [4.78, 5) is 30.7. The molecule has 7 heteroatoms. The number of primary amides is 1. The second-order valence-electron chi connectivity index (χ2n) is 7.40. The number of halogens is 1. The summed E-state index contributed by atoms with van der Waals surface area (Å²) in [6.07, 6.45) is -0.148. The minimum absolute atomic E-state index is 0.0368. The van der Waals surface area contributed by atoms with E-state index in [1.807, 2.05) is 24.3 Å². The maximum atomic E-state index is 13.1. The van der Waals surface area contributed by atoms with E-state index in [0.29, 0.717) is 36.6 Å². The van der Waals surface area contributed by atoms with Gasteiger partial charge in [-0.05, 0) is 42.0 Å². The first-order chi connectivity index (χ1) is 15.0. The van der Waals surface area contributed by atoms with Crippen molar-refractivity contribution in [3.8, 4) is 11.3 Å². The number of ether oxygens (including phenoxy) is 1. The van der Waals surface area contributed by atoms with Gasteiger partial charge in [0.2, 0.25) is 11.8 Å². The third-order valence-corrected chi connectivity index (χ3v) is 5.23. The Labute approximate surface area is 179 Å². The molecule has 1 fully saturated rings. The summed E-state index contributed by atoms with van der Waals surface area (Å²) in [6.45, 7) is 1.29. The minimum Gasteiger partial charge on any atom is -0.368 e. The standard InChI is InChI=1S/C24H22FN3O3/c25-19-9-7-16(8-10-19)13-23(29)28-11-12-31-22(15-28)21-6-2-5-20(27-21)17-3-1-4-18(14-17)24(26)30/h1-10,14,22H,11-13,15H2,(H2,26,30)/t22-/m1/s1. The molecule has 6 nitrogen and oxygen atoms in total. The molecule has 2 heterocycles. The Hall–Kier alpha value is -3.58. The van der Waals surface area contributed by atoms with Crippen molar-refractivity contribution in [2.75, 3.05) is 19.7 Å². The van der Waals surface area contributed by atoms with Crippen LogP contribution in [0.1, 0.15) is 27.7 Å². The second-order valence-corrected chi connectivity index (χ2v) is 7.40. The first-order valence-corrected chi connectivity index (χ1v) is 10.0. The van der Waals surface area contributed by atoms with Crippen molar-refractivity contribution in [3.05, 3.63) is 89.4 Å². The zero-order valence-electron chi connectivity index (χ0n) is 16.8. The molecule has 158 valence electrons. The smallest absolute Gasteiger partial charge is 0.248 e. The third kappa shape index (κ3) is 4.95. The van der Waals surface area contributed by atoms with E-state index < -0.39 is 5.91 Å². The number of aromatic nitrogens is 1. The van der Waals surface area contributed by atoms with Crippen LogP contribution in [-0.2, 0) is 16.0 Å². The van der Waals surface area contributed by atoms with E-state index in [-0.39, 0.29) is 24.2 Å². The van der Waals surface area contributed by atoms with Gasteiger partial charge in [-0.1, -0.05) is 30.3 Å². The van der Waals surface area contributed by atoms with Crippen LogP contribution in [0.3, 0.4) is 0 Å². The zero-order valence-corrected chi connectivity index (χ0v) is 16.8. The normalized spacial score (nSPS) is 16.2. The molecule has 0 spiro atoms. The highest BCUT2D eigenvalue weighted by Gasteiger charge is 2.26.